The second-order valence-corrected chi connectivity index (χ2v) is 8.13. The Morgan fingerprint density at radius 3 is 2.65 bits per heavy atom. The van der Waals surface area contributed by atoms with Gasteiger partial charge in [-0.3, -0.25) is 4.79 Å². The Labute approximate surface area is 135 Å². The van der Waals surface area contributed by atoms with Crippen LogP contribution in [0.4, 0.5) is 0 Å². The van der Waals surface area contributed by atoms with E-state index in [-0.39, 0.29) is 23.5 Å². The third kappa shape index (κ3) is 3.61. The summed E-state index contributed by atoms with van der Waals surface area (Å²) in [5.41, 5.74) is 1.65. The summed E-state index contributed by atoms with van der Waals surface area (Å²) >= 11 is 0. The van der Waals surface area contributed by atoms with Crippen molar-refractivity contribution in [2.45, 2.75) is 19.0 Å². The van der Waals surface area contributed by atoms with Crippen LogP contribution in [0.5, 0.6) is 0 Å². The second-order valence-electron chi connectivity index (χ2n) is 5.90. The molecule has 1 fully saturated rings. The molecule has 0 unspecified atom stereocenters. The molecule has 1 aromatic heterocycles. The summed E-state index contributed by atoms with van der Waals surface area (Å²) < 4.78 is 25.1. The van der Waals surface area contributed by atoms with Crippen molar-refractivity contribution in [3.05, 3.63) is 54.1 Å². The van der Waals surface area contributed by atoms with E-state index >= 15 is 0 Å². The molecule has 2 heterocycles. The summed E-state index contributed by atoms with van der Waals surface area (Å²) in [6.45, 7) is 0.700. The molecule has 6 nitrogen and oxygen atoms in total. The molecule has 0 aliphatic carbocycles. The normalized spacial score (nSPS) is 19.6. The van der Waals surface area contributed by atoms with Gasteiger partial charge in [-0.15, -0.1) is 0 Å². The molecule has 1 aliphatic heterocycles. The summed E-state index contributed by atoms with van der Waals surface area (Å²) in [6, 6.07) is 7.17. The maximum absolute atomic E-state index is 12.5. The minimum absolute atomic E-state index is 0.0634. The summed E-state index contributed by atoms with van der Waals surface area (Å²) in [4.78, 5) is 18.0. The molecule has 7 heteroatoms. The molecule has 0 spiro atoms. The van der Waals surface area contributed by atoms with E-state index in [1.807, 2.05) is 22.9 Å². The fourth-order valence-electron chi connectivity index (χ4n) is 2.79. The highest BCUT2D eigenvalue weighted by atomic mass is 32.2. The van der Waals surface area contributed by atoms with Crippen molar-refractivity contribution >= 4 is 15.7 Å². The number of aromatic nitrogens is 2. The molecule has 2 aromatic rings. The van der Waals surface area contributed by atoms with Gasteiger partial charge in [0.15, 0.2) is 9.84 Å². The van der Waals surface area contributed by atoms with E-state index in [2.05, 4.69) is 4.98 Å². The third-order valence-electron chi connectivity index (χ3n) is 4.20. The lowest BCUT2D eigenvalue weighted by molar-refractivity contribution is 0.0747. The van der Waals surface area contributed by atoms with Gasteiger partial charge in [-0.25, -0.2) is 13.4 Å². The van der Waals surface area contributed by atoms with Gasteiger partial charge in [0.25, 0.3) is 5.91 Å². The van der Waals surface area contributed by atoms with Crippen LogP contribution in [0.25, 0.3) is 0 Å². The van der Waals surface area contributed by atoms with Crippen molar-refractivity contribution in [3.63, 3.8) is 0 Å². The van der Waals surface area contributed by atoms with E-state index in [4.69, 9.17) is 0 Å². The molecule has 0 saturated carbocycles. The van der Waals surface area contributed by atoms with Gasteiger partial charge in [0.2, 0.25) is 0 Å². The Morgan fingerprint density at radius 2 is 2.09 bits per heavy atom. The largest absolute Gasteiger partial charge is 0.338 e. The number of sulfone groups is 1. The van der Waals surface area contributed by atoms with E-state index in [9.17, 15) is 13.2 Å². The van der Waals surface area contributed by atoms with E-state index in [1.54, 1.807) is 36.6 Å². The highest BCUT2D eigenvalue weighted by Gasteiger charge is 2.32. The van der Waals surface area contributed by atoms with Gasteiger partial charge in [-0.2, -0.15) is 0 Å². The summed E-state index contributed by atoms with van der Waals surface area (Å²) in [6.07, 6.45) is 5.87. The van der Waals surface area contributed by atoms with Crippen molar-refractivity contribution in [2.24, 2.45) is 0 Å². The zero-order chi connectivity index (χ0) is 16.4. The van der Waals surface area contributed by atoms with Gasteiger partial charge >= 0.3 is 0 Å². The fourth-order valence-corrected chi connectivity index (χ4v) is 4.57. The lowest BCUT2D eigenvalue weighted by Gasteiger charge is -2.23. The summed E-state index contributed by atoms with van der Waals surface area (Å²) in [7, 11) is -1.32. The summed E-state index contributed by atoms with van der Waals surface area (Å²) in [5, 5.41) is 0. The van der Waals surface area contributed by atoms with E-state index in [0.717, 1.165) is 5.56 Å². The quantitative estimate of drug-likeness (QED) is 0.842. The second kappa shape index (κ2) is 6.16. The summed E-state index contributed by atoms with van der Waals surface area (Å²) in [5.74, 6) is 0.0915. The number of carbonyl (C=O) groups is 1. The molecule has 1 aliphatic rings. The van der Waals surface area contributed by atoms with Crippen LogP contribution in [0.3, 0.4) is 0 Å². The molecule has 1 atom stereocenters. The molecule has 1 saturated heterocycles. The molecular formula is C16H19N3O3S. The highest BCUT2D eigenvalue weighted by molar-refractivity contribution is 7.91. The van der Waals surface area contributed by atoms with Gasteiger partial charge < -0.3 is 9.47 Å². The number of amides is 1. The zero-order valence-electron chi connectivity index (χ0n) is 12.9. The van der Waals surface area contributed by atoms with Gasteiger partial charge in [0.1, 0.15) is 0 Å². The molecule has 3 rings (SSSR count). The number of carbonyl (C=O) groups excluding carboxylic acids is 1. The number of imidazole rings is 1. The average Bonchev–Trinajstić information content (AvgIpc) is 3.16. The molecule has 0 radical (unpaired) electrons. The standard InChI is InChI=1S/C16H19N3O3S/c1-18(15-6-9-23(21,22)11-15)16(20)14-4-2-13(3-5-14)10-19-8-7-17-12-19/h2-5,7-8,12,15H,6,9-11H2,1H3/t15-/m0/s1. The van der Waals surface area contributed by atoms with Crippen LogP contribution in [0, 0.1) is 0 Å². The minimum Gasteiger partial charge on any atom is -0.338 e. The Morgan fingerprint density at radius 1 is 1.35 bits per heavy atom. The first-order valence-electron chi connectivity index (χ1n) is 7.47. The third-order valence-corrected chi connectivity index (χ3v) is 5.95. The highest BCUT2D eigenvalue weighted by Crippen LogP contribution is 2.19. The first-order chi connectivity index (χ1) is 10.9. The minimum atomic E-state index is -2.99. The monoisotopic (exact) mass is 333 g/mol. The molecule has 1 aromatic carbocycles. The van der Waals surface area contributed by atoms with Crippen LogP contribution in [0.2, 0.25) is 0 Å². The average molecular weight is 333 g/mol. The van der Waals surface area contributed by atoms with Gasteiger partial charge in [-0.1, -0.05) is 12.1 Å². The number of hydrogen-bond acceptors (Lipinski definition) is 4. The zero-order valence-corrected chi connectivity index (χ0v) is 13.7. The molecule has 23 heavy (non-hydrogen) atoms. The number of benzene rings is 1. The molecule has 0 bridgehead atoms. The van der Waals surface area contributed by atoms with Crippen molar-refractivity contribution in [1.82, 2.24) is 14.5 Å². The van der Waals surface area contributed by atoms with E-state index in [0.29, 0.717) is 18.5 Å². The lowest BCUT2D eigenvalue weighted by atomic mass is 10.1. The predicted molar refractivity (Wildman–Crippen MR) is 86.9 cm³/mol. The van der Waals surface area contributed by atoms with Crippen molar-refractivity contribution in [3.8, 4) is 0 Å². The Balaban J connectivity index is 1.68. The van der Waals surface area contributed by atoms with Crippen LogP contribution in [0.15, 0.2) is 43.0 Å². The Bertz CT molecular complexity index is 782. The maximum atomic E-state index is 12.5. The van der Waals surface area contributed by atoms with Gasteiger partial charge in [0.05, 0.1) is 17.8 Å². The fraction of sp³-hybridized carbons (Fsp3) is 0.375. The van der Waals surface area contributed by atoms with Crippen LogP contribution >= 0.6 is 0 Å². The van der Waals surface area contributed by atoms with Crippen molar-refractivity contribution in [2.75, 3.05) is 18.6 Å². The van der Waals surface area contributed by atoms with Crippen molar-refractivity contribution in [1.29, 1.82) is 0 Å². The number of hydrogen-bond donors (Lipinski definition) is 0. The van der Waals surface area contributed by atoms with Crippen molar-refractivity contribution < 1.29 is 13.2 Å². The first kappa shape index (κ1) is 15.7. The maximum Gasteiger partial charge on any atom is 0.253 e. The molecule has 0 N–H and O–H groups in total. The van der Waals surface area contributed by atoms with Gasteiger partial charge in [-0.05, 0) is 24.1 Å². The predicted octanol–water partition coefficient (Wildman–Crippen LogP) is 1.19. The number of rotatable bonds is 4. The van der Waals surface area contributed by atoms with Crippen LogP contribution in [-0.4, -0.2) is 53.4 Å². The molecule has 1 amide bonds. The Kier molecular flexibility index (Phi) is 4.21. The van der Waals surface area contributed by atoms with E-state index in [1.165, 1.54) is 0 Å². The van der Waals surface area contributed by atoms with Crippen LogP contribution in [0.1, 0.15) is 22.3 Å². The molecule has 122 valence electrons. The topological polar surface area (TPSA) is 72.3 Å². The number of nitrogens with zero attached hydrogens (tertiary/aromatic N) is 3. The molecular weight excluding hydrogens is 314 g/mol. The SMILES string of the molecule is CN(C(=O)c1ccc(Cn2ccnc2)cc1)[C@H]1CCS(=O)(=O)C1. The lowest BCUT2D eigenvalue weighted by Crippen LogP contribution is -2.37. The van der Waals surface area contributed by atoms with E-state index < -0.39 is 9.84 Å². The first-order valence-corrected chi connectivity index (χ1v) is 9.29. The smallest absolute Gasteiger partial charge is 0.253 e. The van der Waals surface area contributed by atoms with Crippen LogP contribution < -0.4 is 0 Å². The Hall–Kier alpha value is -2.15. The van der Waals surface area contributed by atoms with Crippen LogP contribution in [-0.2, 0) is 16.4 Å². The van der Waals surface area contributed by atoms with Gasteiger partial charge in [0, 0.05) is 37.6 Å².